The van der Waals surface area contributed by atoms with Crippen LogP contribution in [0.25, 0.3) is 5.57 Å². The van der Waals surface area contributed by atoms with Crippen LogP contribution in [0.3, 0.4) is 0 Å². The van der Waals surface area contributed by atoms with Crippen LogP contribution in [0, 0.1) is 13.8 Å². The third kappa shape index (κ3) is 3.64. The summed E-state index contributed by atoms with van der Waals surface area (Å²) in [5.74, 6) is 0. The zero-order valence-corrected chi connectivity index (χ0v) is 15.3. The highest BCUT2D eigenvalue weighted by Gasteiger charge is 2.40. The summed E-state index contributed by atoms with van der Waals surface area (Å²) < 4.78 is 11.3. The summed E-state index contributed by atoms with van der Waals surface area (Å²) in [4.78, 5) is 14.5. The topological polar surface area (TPSA) is 38.8 Å². The van der Waals surface area contributed by atoms with Gasteiger partial charge in [0.05, 0.1) is 25.3 Å². The van der Waals surface area contributed by atoms with Crippen molar-refractivity contribution in [3.8, 4) is 0 Å². The fraction of sp³-hybridized carbons (Fsp3) is 0.550. The van der Waals surface area contributed by atoms with Crippen molar-refractivity contribution in [1.82, 2.24) is 4.90 Å². The average Bonchev–Trinajstić information content (AvgIpc) is 2.42. The number of morpholine rings is 1. The molecule has 2 aliphatic heterocycles. The maximum atomic E-state index is 12.6. The lowest BCUT2D eigenvalue weighted by Crippen LogP contribution is -2.57. The predicted octanol–water partition coefficient (Wildman–Crippen LogP) is 4.10. The van der Waals surface area contributed by atoms with Crippen molar-refractivity contribution in [1.29, 1.82) is 0 Å². The van der Waals surface area contributed by atoms with Gasteiger partial charge in [0.25, 0.3) is 0 Å². The lowest BCUT2D eigenvalue weighted by molar-refractivity contribution is -0.0510. The summed E-state index contributed by atoms with van der Waals surface area (Å²) >= 11 is 0. The molecular formula is C20H27NO3. The predicted molar refractivity (Wildman–Crippen MR) is 95.0 cm³/mol. The molecule has 2 heterocycles. The first-order chi connectivity index (χ1) is 11.2. The summed E-state index contributed by atoms with van der Waals surface area (Å²) in [6, 6.07) is 6.61. The van der Waals surface area contributed by atoms with Gasteiger partial charge in [-0.3, -0.25) is 4.90 Å². The van der Waals surface area contributed by atoms with Gasteiger partial charge in [0, 0.05) is 0 Å². The van der Waals surface area contributed by atoms with Crippen molar-refractivity contribution in [3.05, 3.63) is 41.0 Å². The highest BCUT2D eigenvalue weighted by molar-refractivity contribution is 5.75. The Labute approximate surface area is 144 Å². The molecule has 2 atom stereocenters. The van der Waals surface area contributed by atoms with Crippen molar-refractivity contribution in [2.45, 2.75) is 58.7 Å². The molecule has 1 saturated heterocycles. The molecule has 1 amide bonds. The maximum Gasteiger partial charge on any atom is 0.411 e. The Hall–Kier alpha value is -1.81. The first-order valence-corrected chi connectivity index (χ1v) is 8.61. The molecule has 1 aromatic carbocycles. The number of rotatable bonds is 1. The van der Waals surface area contributed by atoms with Gasteiger partial charge in [0.2, 0.25) is 0 Å². The van der Waals surface area contributed by atoms with Crippen molar-refractivity contribution < 1.29 is 14.3 Å². The number of aryl methyl sites for hydroxylation is 2. The average molecular weight is 329 g/mol. The van der Waals surface area contributed by atoms with Gasteiger partial charge in [-0.1, -0.05) is 35.4 Å². The van der Waals surface area contributed by atoms with E-state index in [9.17, 15) is 4.79 Å². The van der Waals surface area contributed by atoms with Crippen LogP contribution in [0.5, 0.6) is 0 Å². The number of amides is 1. The second-order valence-corrected chi connectivity index (χ2v) is 7.92. The minimum atomic E-state index is -0.482. The summed E-state index contributed by atoms with van der Waals surface area (Å²) in [6.45, 7) is 11.0. The Morgan fingerprint density at radius 1 is 1.17 bits per heavy atom. The van der Waals surface area contributed by atoms with Gasteiger partial charge in [0.1, 0.15) is 5.60 Å². The van der Waals surface area contributed by atoms with E-state index < -0.39 is 5.60 Å². The minimum absolute atomic E-state index is 0.0411. The van der Waals surface area contributed by atoms with Crippen molar-refractivity contribution >= 4 is 11.7 Å². The number of carbonyl (C=O) groups excluding carboxylic acids is 1. The number of benzene rings is 1. The first kappa shape index (κ1) is 17.0. The third-order valence-electron chi connectivity index (χ3n) is 4.40. The molecular weight excluding hydrogens is 302 g/mol. The van der Waals surface area contributed by atoms with Crippen LogP contribution >= 0.6 is 0 Å². The van der Waals surface area contributed by atoms with E-state index in [1.54, 1.807) is 0 Å². The standard InChI is InChI=1S/C20H27NO3/c1-13-6-14(2)8-15(7-13)16-9-17-11-23-12-18(10-16)21(17)19(22)24-20(3,4)5/h6-9,17-18H,10-12H2,1-5H3. The Balaban J connectivity index is 1.88. The molecule has 1 aromatic rings. The van der Waals surface area contributed by atoms with E-state index in [0.29, 0.717) is 13.2 Å². The summed E-state index contributed by atoms with van der Waals surface area (Å²) in [5.41, 5.74) is 4.61. The smallest absolute Gasteiger partial charge is 0.411 e. The SMILES string of the molecule is Cc1cc(C)cc(C2=CC3COCC(C2)N3C(=O)OC(C)(C)C)c1. The van der Waals surface area contributed by atoms with Gasteiger partial charge < -0.3 is 9.47 Å². The summed E-state index contributed by atoms with van der Waals surface area (Å²) in [6.07, 6.45) is 2.74. The largest absolute Gasteiger partial charge is 0.444 e. The van der Waals surface area contributed by atoms with Crippen LogP contribution < -0.4 is 0 Å². The molecule has 4 nitrogen and oxygen atoms in total. The van der Waals surface area contributed by atoms with Crippen LogP contribution in [0.2, 0.25) is 0 Å². The number of hydrogen-bond acceptors (Lipinski definition) is 3. The van der Waals surface area contributed by atoms with Crippen LogP contribution in [0.4, 0.5) is 4.79 Å². The Morgan fingerprint density at radius 2 is 1.83 bits per heavy atom. The van der Waals surface area contributed by atoms with Gasteiger partial charge in [-0.25, -0.2) is 4.79 Å². The Kier molecular flexibility index (Phi) is 4.43. The second kappa shape index (κ2) is 6.25. The van der Waals surface area contributed by atoms with E-state index in [2.05, 4.69) is 38.1 Å². The lowest BCUT2D eigenvalue weighted by Gasteiger charge is -2.44. The van der Waals surface area contributed by atoms with E-state index in [4.69, 9.17) is 9.47 Å². The zero-order chi connectivity index (χ0) is 17.5. The van der Waals surface area contributed by atoms with Crippen molar-refractivity contribution in [2.24, 2.45) is 0 Å². The second-order valence-electron chi connectivity index (χ2n) is 7.92. The van der Waals surface area contributed by atoms with Crippen LogP contribution in [-0.2, 0) is 9.47 Å². The molecule has 2 bridgehead atoms. The van der Waals surface area contributed by atoms with Gasteiger partial charge in [-0.15, -0.1) is 0 Å². The number of nitrogens with zero attached hydrogens (tertiary/aromatic N) is 1. The number of hydrogen-bond donors (Lipinski definition) is 0. The van der Waals surface area contributed by atoms with Crippen molar-refractivity contribution in [3.63, 3.8) is 0 Å². The van der Waals surface area contributed by atoms with E-state index in [1.807, 2.05) is 25.7 Å². The molecule has 24 heavy (non-hydrogen) atoms. The van der Waals surface area contributed by atoms with Crippen LogP contribution in [0.1, 0.15) is 43.9 Å². The fourth-order valence-corrected chi connectivity index (χ4v) is 3.57. The molecule has 0 saturated carbocycles. The van der Waals surface area contributed by atoms with Crippen LogP contribution in [0.15, 0.2) is 24.3 Å². The van der Waals surface area contributed by atoms with Gasteiger partial charge in [-0.05, 0) is 52.2 Å². The lowest BCUT2D eigenvalue weighted by atomic mass is 9.89. The molecule has 3 rings (SSSR count). The molecule has 0 N–H and O–H groups in total. The van der Waals surface area contributed by atoms with Gasteiger partial charge >= 0.3 is 6.09 Å². The zero-order valence-electron chi connectivity index (χ0n) is 15.3. The van der Waals surface area contributed by atoms with Gasteiger partial charge in [-0.2, -0.15) is 0 Å². The molecule has 2 aliphatic rings. The normalized spacial score (nSPS) is 23.7. The van der Waals surface area contributed by atoms with E-state index in [-0.39, 0.29) is 18.2 Å². The van der Waals surface area contributed by atoms with Gasteiger partial charge in [0.15, 0.2) is 0 Å². The first-order valence-electron chi connectivity index (χ1n) is 8.61. The molecule has 130 valence electrons. The Morgan fingerprint density at radius 3 is 2.42 bits per heavy atom. The monoisotopic (exact) mass is 329 g/mol. The molecule has 4 heteroatoms. The number of carbonyl (C=O) groups is 1. The van der Waals surface area contributed by atoms with E-state index >= 15 is 0 Å². The number of ether oxygens (including phenoxy) is 2. The maximum absolute atomic E-state index is 12.6. The Bertz CT molecular complexity index is 652. The fourth-order valence-electron chi connectivity index (χ4n) is 3.57. The minimum Gasteiger partial charge on any atom is -0.444 e. The highest BCUT2D eigenvalue weighted by Crippen LogP contribution is 2.34. The molecule has 0 radical (unpaired) electrons. The van der Waals surface area contributed by atoms with Crippen molar-refractivity contribution in [2.75, 3.05) is 13.2 Å². The van der Waals surface area contributed by atoms with E-state index in [0.717, 1.165) is 6.42 Å². The summed E-state index contributed by atoms with van der Waals surface area (Å²) in [5, 5.41) is 0. The molecule has 2 unspecified atom stereocenters. The van der Waals surface area contributed by atoms with Crippen LogP contribution in [-0.4, -0.2) is 41.9 Å². The molecule has 1 fully saturated rings. The molecule has 0 aromatic heterocycles. The third-order valence-corrected chi connectivity index (χ3v) is 4.40. The molecule has 0 spiro atoms. The highest BCUT2D eigenvalue weighted by atomic mass is 16.6. The molecule has 0 aliphatic carbocycles. The number of fused-ring (bicyclic) bond motifs is 2. The van der Waals surface area contributed by atoms with E-state index in [1.165, 1.54) is 22.3 Å². The quantitative estimate of drug-likeness (QED) is 0.779. The summed E-state index contributed by atoms with van der Waals surface area (Å²) in [7, 11) is 0.